The molecule has 0 aliphatic carbocycles. The first-order valence-corrected chi connectivity index (χ1v) is 9.97. The van der Waals surface area contributed by atoms with Crippen molar-refractivity contribution in [3.8, 4) is 0 Å². The highest BCUT2D eigenvalue weighted by Gasteiger charge is 2.54. The van der Waals surface area contributed by atoms with Gasteiger partial charge in [0.15, 0.2) is 24.6 Å². The summed E-state index contributed by atoms with van der Waals surface area (Å²) in [5.41, 5.74) is -2.64. The van der Waals surface area contributed by atoms with Crippen LogP contribution in [0.2, 0.25) is 0 Å². The van der Waals surface area contributed by atoms with Crippen molar-refractivity contribution in [1.29, 1.82) is 0 Å². The van der Waals surface area contributed by atoms with Crippen LogP contribution < -0.4 is 0 Å². The molecule has 174 valence electrons. The second-order valence-corrected chi connectivity index (χ2v) is 10.6. The van der Waals surface area contributed by atoms with E-state index in [4.69, 9.17) is 18.9 Å². The Hall–Kier alpha value is -1.71. The van der Waals surface area contributed by atoms with Gasteiger partial charge in [-0.15, -0.1) is 0 Å². The zero-order valence-electron chi connectivity index (χ0n) is 19.3. The molecular formula is C21H36O9. The Labute approximate surface area is 178 Å². The van der Waals surface area contributed by atoms with Gasteiger partial charge in [0.05, 0.1) is 22.9 Å². The van der Waals surface area contributed by atoms with Gasteiger partial charge in [-0.3, -0.25) is 14.4 Å². The number of carbonyl (C=O) groups excluding carboxylic acids is 3. The lowest BCUT2D eigenvalue weighted by Gasteiger charge is -2.31. The second-order valence-electron chi connectivity index (χ2n) is 10.6. The third kappa shape index (κ3) is 6.65. The molecule has 0 radical (unpaired) electrons. The van der Waals surface area contributed by atoms with E-state index < -0.39 is 71.5 Å². The molecule has 30 heavy (non-hydrogen) atoms. The molecule has 9 heteroatoms. The van der Waals surface area contributed by atoms with Crippen LogP contribution in [0.4, 0.5) is 0 Å². The number of rotatable bonds is 5. The summed E-state index contributed by atoms with van der Waals surface area (Å²) < 4.78 is 21.7. The number of carbonyl (C=O) groups is 3. The molecular weight excluding hydrogens is 396 g/mol. The topological polar surface area (TPSA) is 129 Å². The smallest absolute Gasteiger partial charge is 0.311 e. The first kappa shape index (κ1) is 26.3. The summed E-state index contributed by atoms with van der Waals surface area (Å²) in [5.74, 6) is -1.89. The largest absolute Gasteiger partial charge is 0.457 e. The van der Waals surface area contributed by atoms with Gasteiger partial charge in [0.25, 0.3) is 0 Å². The van der Waals surface area contributed by atoms with Crippen molar-refractivity contribution in [2.45, 2.75) is 93.0 Å². The van der Waals surface area contributed by atoms with Gasteiger partial charge in [-0.2, -0.15) is 0 Å². The second kappa shape index (κ2) is 9.20. The van der Waals surface area contributed by atoms with E-state index in [0.29, 0.717) is 0 Å². The SMILES string of the molecule is CC(C)(C)C(=O)O[C@@H]1[C@@H](OC(=O)C(C)(C)C)[C@@H](O)O[C@H]1[C@@H](CO)OC(=O)C(C)(C)C. The van der Waals surface area contributed by atoms with Crippen LogP contribution in [-0.4, -0.2) is 65.4 Å². The van der Waals surface area contributed by atoms with Crippen LogP contribution in [-0.2, 0) is 33.3 Å². The van der Waals surface area contributed by atoms with Gasteiger partial charge >= 0.3 is 17.9 Å². The summed E-state index contributed by atoms with van der Waals surface area (Å²) in [6.45, 7) is 14.1. The highest BCUT2D eigenvalue weighted by molar-refractivity contribution is 5.77. The van der Waals surface area contributed by atoms with Crippen molar-refractivity contribution < 1.29 is 43.5 Å². The molecule has 9 nitrogen and oxygen atoms in total. The molecule has 0 aromatic carbocycles. The maximum atomic E-state index is 12.5. The Morgan fingerprint density at radius 1 is 0.800 bits per heavy atom. The number of esters is 3. The normalized spacial score (nSPS) is 26.1. The number of aliphatic hydroxyl groups excluding tert-OH is 2. The Bertz CT molecular complexity index is 636. The predicted octanol–water partition coefficient (Wildman–Crippen LogP) is 1.57. The molecule has 0 spiro atoms. The predicted molar refractivity (Wildman–Crippen MR) is 106 cm³/mol. The highest BCUT2D eigenvalue weighted by atomic mass is 16.7. The van der Waals surface area contributed by atoms with E-state index in [-0.39, 0.29) is 0 Å². The Morgan fingerprint density at radius 3 is 1.57 bits per heavy atom. The Balaban J connectivity index is 3.23. The molecule has 1 fully saturated rings. The molecule has 5 atom stereocenters. The van der Waals surface area contributed by atoms with E-state index >= 15 is 0 Å². The lowest BCUT2D eigenvalue weighted by Crippen LogP contribution is -2.49. The van der Waals surface area contributed by atoms with Crippen molar-refractivity contribution in [2.24, 2.45) is 16.2 Å². The molecule has 0 amide bonds. The van der Waals surface area contributed by atoms with Crippen LogP contribution in [0.3, 0.4) is 0 Å². The molecule has 0 aromatic heterocycles. The van der Waals surface area contributed by atoms with Gasteiger partial charge in [-0.25, -0.2) is 0 Å². The third-order valence-electron chi connectivity index (χ3n) is 4.35. The summed E-state index contributed by atoms with van der Waals surface area (Å²) in [6.07, 6.45) is -6.76. The summed E-state index contributed by atoms with van der Waals surface area (Å²) in [7, 11) is 0. The van der Waals surface area contributed by atoms with E-state index in [0.717, 1.165) is 0 Å². The summed E-state index contributed by atoms with van der Waals surface area (Å²) in [4.78, 5) is 37.2. The molecule has 2 N–H and O–H groups in total. The van der Waals surface area contributed by atoms with Crippen molar-refractivity contribution in [3.05, 3.63) is 0 Å². The standard InChI is InChI=1S/C21H36O9/c1-19(2,3)16(24)27-11(10-22)12-13(29-17(25)20(4,5)6)14(15(23)28-12)30-18(26)21(7,8)9/h11-15,22-23H,10H2,1-9H3/t11-,12+,13+,14-,15+/m1/s1. The lowest BCUT2D eigenvalue weighted by molar-refractivity contribution is -0.189. The fourth-order valence-electron chi connectivity index (χ4n) is 2.35. The van der Waals surface area contributed by atoms with Gasteiger partial charge < -0.3 is 29.2 Å². The van der Waals surface area contributed by atoms with Gasteiger partial charge in [0.1, 0.15) is 6.10 Å². The lowest BCUT2D eigenvalue weighted by atomic mass is 9.95. The maximum Gasteiger partial charge on any atom is 0.311 e. The van der Waals surface area contributed by atoms with Gasteiger partial charge in [0.2, 0.25) is 0 Å². The zero-order valence-corrected chi connectivity index (χ0v) is 19.3. The molecule has 1 heterocycles. The summed E-state index contributed by atoms with van der Waals surface area (Å²) >= 11 is 0. The number of hydrogen-bond acceptors (Lipinski definition) is 9. The van der Waals surface area contributed by atoms with Crippen molar-refractivity contribution >= 4 is 17.9 Å². The Morgan fingerprint density at radius 2 is 1.20 bits per heavy atom. The highest BCUT2D eigenvalue weighted by Crippen LogP contribution is 2.33. The molecule has 1 aliphatic heterocycles. The zero-order chi connectivity index (χ0) is 23.7. The third-order valence-corrected chi connectivity index (χ3v) is 4.35. The first-order valence-electron chi connectivity index (χ1n) is 9.97. The van der Waals surface area contributed by atoms with Crippen LogP contribution >= 0.6 is 0 Å². The van der Waals surface area contributed by atoms with E-state index in [1.165, 1.54) is 0 Å². The van der Waals surface area contributed by atoms with Crippen molar-refractivity contribution in [1.82, 2.24) is 0 Å². The number of ether oxygens (including phenoxy) is 4. The van der Waals surface area contributed by atoms with Crippen LogP contribution in [0.25, 0.3) is 0 Å². The average molecular weight is 433 g/mol. The monoisotopic (exact) mass is 432 g/mol. The Kier molecular flexibility index (Phi) is 8.07. The van der Waals surface area contributed by atoms with E-state index in [1.54, 1.807) is 62.3 Å². The molecule has 0 saturated carbocycles. The number of aliphatic hydroxyl groups is 2. The van der Waals surface area contributed by atoms with E-state index in [1.807, 2.05) is 0 Å². The number of hydrogen-bond donors (Lipinski definition) is 2. The molecule has 0 unspecified atom stereocenters. The molecule has 1 rings (SSSR count). The van der Waals surface area contributed by atoms with E-state index in [2.05, 4.69) is 0 Å². The molecule has 0 aromatic rings. The van der Waals surface area contributed by atoms with Gasteiger partial charge in [-0.05, 0) is 62.3 Å². The first-order chi connectivity index (χ1) is 13.4. The van der Waals surface area contributed by atoms with E-state index in [9.17, 15) is 24.6 Å². The minimum absolute atomic E-state index is 0.615. The molecule has 1 aliphatic rings. The van der Waals surface area contributed by atoms with Crippen LogP contribution in [0.15, 0.2) is 0 Å². The molecule has 1 saturated heterocycles. The fourth-order valence-corrected chi connectivity index (χ4v) is 2.35. The van der Waals surface area contributed by atoms with Gasteiger partial charge in [-0.1, -0.05) is 0 Å². The summed E-state index contributed by atoms with van der Waals surface area (Å²) in [6, 6.07) is 0. The van der Waals surface area contributed by atoms with Gasteiger partial charge in [0, 0.05) is 0 Å². The fraction of sp³-hybridized carbons (Fsp3) is 0.857. The quantitative estimate of drug-likeness (QED) is 0.491. The minimum Gasteiger partial charge on any atom is -0.457 e. The average Bonchev–Trinajstić information content (AvgIpc) is 2.85. The minimum atomic E-state index is -1.64. The van der Waals surface area contributed by atoms with Crippen molar-refractivity contribution in [2.75, 3.05) is 6.61 Å². The maximum absolute atomic E-state index is 12.5. The van der Waals surface area contributed by atoms with Crippen molar-refractivity contribution in [3.63, 3.8) is 0 Å². The van der Waals surface area contributed by atoms with Crippen LogP contribution in [0.1, 0.15) is 62.3 Å². The van der Waals surface area contributed by atoms with Crippen LogP contribution in [0.5, 0.6) is 0 Å². The van der Waals surface area contributed by atoms with Crippen LogP contribution in [0, 0.1) is 16.2 Å². The summed E-state index contributed by atoms with van der Waals surface area (Å²) in [5, 5.41) is 20.2. The molecule has 0 bridgehead atoms.